The molecule has 1 aromatic carbocycles. The predicted molar refractivity (Wildman–Crippen MR) is 191 cm³/mol. The summed E-state index contributed by atoms with van der Waals surface area (Å²) in [5.41, 5.74) is 6.75. The van der Waals surface area contributed by atoms with E-state index in [4.69, 9.17) is 61.3 Å². The summed E-state index contributed by atoms with van der Waals surface area (Å²) in [5, 5.41) is 59.0. The molecule has 0 N–H and O–H groups in total. The predicted octanol–water partition coefficient (Wildman–Crippen LogP) is 4.71. The van der Waals surface area contributed by atoms with Gasteiger partial charge >= 0.3 is 39.0 Å². The van der Waals surface area contributed by atoms with Gasteiger partial charge in [0.05, 0.1) is 43.1 Å². The molecule has 0 saturated heterocycles. The van der Waals surface area contributed by atoms with Crippen LogP contribution in [-0.2, 0) is 78.2 Å². The molecule has 286 valence electrons. The largest absolute Gasteiger partial charge is 2.00 e. The van der Waals surface area contributed by atoms with Crippen molar-refractivity contribution in [1.29, 1.82) is 0 Å². The van der Waals surface area contributed by atoms with E-state index in [1.54, 1.807) is 0 Å². The van der Waals surface area contributed by atoms with Gasteiger partial charge in [-0.3, -0.25) is 29.7 Å². The number of aromatic nitrogens is 4. The van der Waals surface area contributed by atoms with Gasteiger partial charge in [-0.15, -0.1) is 0 Å². The number of hydrogen-bond acceptors (Lipinski definition) is 18. The van der Waals surface area contributed by atoms with Crippen LogP contribution in [0.3, 0.4) is 0 Å². The molecule has 0 fully saturated rings. The van der Waals surface area contributed by atoms with Crippen LogP contribution < -0.4 is 0 Å². The third-order valence-corrected chi connectivity index (χ3v) is 6.25. The van der Waals surface area contributed by atoms with Gasteiger partial charge in [0.1, 0.15) is 0 Å². The van der Waals surface area contributed by atoms with Gasteiger partial charge in [0.2, 0.25) is 0 Å². The van der Waals surface area contributed by atoms with E-state index < -0.39 is 20.3 Å². The molecule has 0 amide bonds. The fourth-order valence-electron chi connectivity index (χ4n) is 4.56. The van der Waals surface area contributed by atoms with Gasteiger partial charge in [-0.25, -0.2) is 0 Å². The Hall–Kier alpha value is -6.21. The summed E-state index contributed by atoms with van der Waals surface area (Å²) in [4.78, 5) is 56.0. The number of rotatable bonds is 12. The zero-order valence-electron chi connectivity index (χ0n) is 29.6. The second-order valence-corrected chi connectivity index (χ2v) is 10.3. The first-order valence-corrected chi connectivity index (χ1v) is 15.1. The van der Waals surface area contributed by atoms with Gasteiger partial charge < -0.3 is 61.3 Å². The molecule has 0 bridgehead atoms. The molecule has 0 aliphatic carbocycles. The molecule has 5 aromatic rings. The molecule has 4 heterocycles. The molecule has 24 heteroatoms. The Morgan fingerprint density at radius 3 is 0.804 bits per heavy atom. The van der Waals surface area contributed by atoms with Gasteiger partial charge in [0, 0.05) is 64.1 Å². The van der Waals surface area contributed by atoms with Crippen molar-refractivity contribution in [3.05, 3.63) is 217 Å². The quantitative estimate of drug-likeness (QED) is 0.0930. The first kappa shape index (κ1) is 51.9. The second kappa shape index (κ2) is 31.2. The van der Waals surface area contributed by atoms with E-state index in [1.165, 1.54) is 11.1 Å². The van der Waals surface area contributed by atoms with Crippen LogP contribution in [0.5, 0.6) is 0 Å². The zero-order chi connectivity index (χ0) is 40.1. The average molecular weight is 879 g/mol. The summed E-state index contributed by atoms with van der Waals surface area (Å²) in [6.07, 6.45) is 7.42. The molecular weight excluding hydrogens is 847 g/mol. The number of pyridine rings is 4. The Morgan fingerprint density at radius 2 is 0.607 bits per heavy atom. The van der Waals surface area contributed by atoms with E-state index in [-0.39, 0.29) is 39.0 Å². The van der Waals surface area contributed by atoms with Gasteiger partial charge in [0.25, 0.3) is 0 Å². The minimum Gasteiger partial charge on any atom is -0.356 e. The minimum absolute atomic E-state index is 0. The average Bonchev–Trinajstić information content (AvgIpc) is 3.09. The van der Waals surface area contributed by atoms with Crippen LogP contribution >= 0.6 is 0 Å². The fraction of sp³-hybridized carbons (Fsp3) is 0.188. The Balaban J connectivity index is 0. The second-order valence-electron chi connectivity index (χ2n) is 10.3. The van der Waals surface area contributed by atoms with Crippen LogP contribution in [0.1, 0.15) is 33.9 Å². The number of hydrogen-bond donors (Lipinski definition) is 0. The summed E-state index contributed by atoms with van der Waals surface area (Å²) < 4.78 is 0. The van der Waals surface area contributed by atoms with Crippen LogP contribution in [0.15, 0.2) is 122 Å². The summed E-state index contributed by atoms with van der Waals surface area (Å²) in [6, 6.07) is 33.2. The molecule has 0 unspecified atom stereocenters. The normalized spacial score (nSPS) is 9.32. The molecule has 0 aliphatic rings. The smallest absolute Gasteiger partial charge is 0.356 e. The Labute approximate surface area is 344 Å². The van der Waals surface area contributed by atoms with Gasteiger partial charge in [-0.1, -0.05) is 48.5 Å². The van der Waals surface area contributed by atoms with Crippen molar-refractivity contribution in [1.82, 2.24) is 29.7 Å². The summed E-state index contributed by atoms with van der Waals surface area (Å²) in [7, 11) is 0. The van der Waals surface area contributed by atoms with E-state index in [0.29, 0.717) is 0 Å². The molecule has 0 atom stereocenters. The number of benzene rings is 1. The maximum atomic E-state index is 8.25. The third kappa shape index (κ3) is 29.3. The minimum atomic E-state index is -1.75. The van der Waals surface area contributed by atoms with Crippen LogP contribution in [-0.4, -0.2) is 50.1 Å². The molecular formula is C32H32N10O12Zn2. The Morgan fingerprint density at radius 1 is 0.375 bits per heavy atom. The molecule has 0 aliphatic heterocycles. The van der Waals surface area contributed by atoms with Crippen molar-refractivity contribution < 1.29 is 59.3 Å². The maximum absolute atomic E-state index is 8.25. The van der Waals surface area contributed by atoms with Crippen molar-refractivity contribution in [3.63, 3.8) is 0 Å². The van der Waals surface area contributed by atoms with Gasteiger partial charge in [-0.05, 0) is 59.7 Å². The molecule has 0 spiro atoms. The van der Waals surface area contributed by atoms with E-state index >= 15 is 0 Å². The first-order chi connectivity index (χ1) is 25.7. The van der Waals surface area contributed by atoms with Crippen LogP contribution in [0, 0.1) is 61.3 Å². The topological polar surface area (TPSA) is 323 Å². The molecule has 0 radical (unpaired) electrons. The third-order valence-electron chi connectivity index (χ3n) is 6.25. The molecule has 22 nitrogen and oxygen atoms in total. The Bertz CT molecular complexity index is 1560. The SMILES string of the molecule is O=[N+]([O-])[O-].O=[N+]([O-])[O-].O=[N+]([O-])[O-].O=[N+]([O-])[O-].[Zn+2].[Zn+2].c1ccc(CN(Cc2cccc(CN(Cc3ccccn3)Cc3ccccn3)c2)Cc2ccccn2)nc1. The van der Waals surface area contributed by atoms with Crippen LogP contribution in [0.25, 0.3) is 0 Å². The van der Waals surface area contributed by atoms with Gasteiger partial charge in [-0.2, -0.15) is 0 Å². The standard InChI is InChI=1S/C32H32N6.4NO3.2Zn/c1-5-16-33-29(12-1)23-37(24-30-13-2-6-17-34-30)21-27-10-9-11-28(20-27)22-38(25-31-14-3-7-18-35-31)26-32-15-4-8-19-36-32;4*2-1(3)4;;/h1-20H,21-26H2;;;;;;/q;4*-1;2*+2. The van der Waals surface area contributed by atoms with E-state index in [0.717, 1.165) is 62.0 Å². The van der Waals surface area contributed by atoms with Crippen molar-refractivity contribution in [3.8, 4) is 0 Å². The van der Waals surface area contributed by atoms with E-state index in [9.17, 15) is 0 Å². The van der Waals surface area contributed by atoms with E-state index in [2.05, 4.69) is 78.3 Å². The molecule has 56 heavy (non-hydrogen) atoms. The fourth-order valence-corrected chi connectivity index (χ4v) is 4.56. The summed E-state index contributed by atoms with van der Waals surface area (Å²) >= 11 is 0. The first-order valence-electron chi connectivity index (χ1n) is 15.1. The molecule has 0 saturated carbocycles. The summed E-state index contributed by atoms with van der Waals surface area (Å²) in [5.74, 6) is 0. The zero-order valence-corrected chi connectivity index (χ0v) is 35.5. The van der Waals surface area contributed by atoms with Crippen molar-refractivity contribution >= 4 is 0 Å². The molecule has 4 aromatic heterocycles. The molecule has 5 rings (SSSR count). The van der Waals surface area contributed by atoms with Gasteiger partial charge in [0.15, 0.2) is 0 Å². The van der Waals surface area contributed by atoms with E-state index in [1.807, 2.05) is 73.3 Å². The van der Waals surface area contributed by atoms with Crippen LogP contribution in [0.2, 0.25) is 0 Å². The van der Waals surface area contributed by atoms with Crippen molar-refractivity contribution in [2.24, 2.45) is 0 Å². The monoisotopic (exact) mass is 876 g/mol. The van der Waals surface area contributed by atoms with Crippen molar-refractivity contribution in [2.45, 2.75) is 39.3 Å². The van der Waals surface area contributed by atoms with Crippen LogP contribution in [0.4, 0.5) is 0 Å². The van der Waals surface area contributed by atoms with Crippen molar-refractivity contribution in [2.75, 3.05) is 0 Å². The summed E-state index contributed by atoms with van der Waals surface area (Å²) in [6.45, 7) is 4.64. The maximum Gasteiger partial charge on any atom is 2.00 e. The Kier molecular flexibility index (Phi) is 28.9. The number of nitrogens with zero attached hydrogens (tertiary/aromatic N) is 10.